The SMILES string of the molecule is NCCn1cnc2c1CN(Cc1ccccc1)CC2. The normalized spacial score (nSPS) is 15.4. The lowest BCUT2D eigenvalue weighted by Crippen LogP contribution is -2.31. The van der Waals surface area contributed by atoms with Gasteiger partial charge in [0.05, 0.1) is 17.7 Å². The fourth-order valence-electron chi connectivity index (χ4n) is 2.70. The number of fused-ring (bicyclic) bond motifs is 1. The maximum absolute atomic E-state index is 5.65. The van der Waals surface area contributed by atoms with Crippen LogP contribution in [0, 0.1) is 0 Å². The van der Waals surface area contributed by atoms with Crippen LogP contribution in [0.25, 0.3) is 0 Å². The van der Waals surface area contributed by atoms with Gasteiger partial charge in [0.2, 0.25) is 0 Å². The number of nitrogens with zero attached hydrogens (tertiary/aromatic N) is 3. The minimum atomic E-state index is 0.668. The van der Waals surface area contributed by atoms with Crippen molar-refractivity contribution in [3.05, 3.63) is 53.6 Å². The number of benzene rings is 1. The molecule has 3 rings (SSSR count). The Labute approximate surface area is 113 Å². The van der Waals surface area contributed by atoms with Crippen LogP contribution in [0.2, 0.25) is 0 Å². The highest BCUT2D eigenvalue weighted by atomic mass is 15.2. The van der Waals surface area contributed by atoms with E-state index in [2.05, 4.69) is 44.8 Å². The van der Waals surface area contributed by atoms with Crippen LogP contribution in [0.5, 0.6) is 0 Å². The van der Waals surface area contributed by atoms with Crippen LogP contribution in [-0.4, -0.2) is 27.5 Å². The van der Waals surface area contributed by atoms with Gasteiger partial charge in [0.25, 0.3) is 0 Å². The average Bonchev–Trinajstić information content (AvgIpc) is 2.83. The predicted molar refractivity (Wildman–Crippen MR) is 75.5 cm³/mol. The Morgan fingerprint density at radius 2 is 2.05 bits per heavy atom. The number of hydrogen-bond donors (Lipinski definition) is 1. The third-order valence-electron chi connectivity index (χ3n) is 3.69. The van der Waals surface area contributed by atoms with E-state index in [1.807, 2.05) is 6.33 Å². The molecule has 4 nitrogen and oxygen atoms in total. The summed E-state index contributed by atoms with van der Waals surface area (Å²) in [6.07, 6.45) is 2.98. The van der Waals surface area contributed by atoms with Crippen molar-refractivity contribution in [3.63, 3.8) is 0 Å². The minimum absolute atomic E-state index is 0.668. The van der Waals surface area contributed by atoms with Crippen LogP contribution in [-0.2, 0) is 26.1 Å². The Morgan fingerprint density at radius 3 is 2.84 bits per heavy atom. The van der Waals surface area contributed by atoms with E-state index < -0.39 is 0 Å². The van der Waals surface area contributed by atoms with Gasteiger partial charge in [-0.05, 0) is 5.56 Å². The van der Waals surface area contributed by atoms with E-state index in [0.717, 1.165) is 32.6 Å². The van der Waals surface area contributed by atoms with Gasteiger partial charge in [-0.1, -0.05) is 30.3 Å². The fourth-order valence-corrected chi connectivity index (χ4v) is 2.70. The first-order valence-electron chi connectivity index (χ1n) is 6.86. The minimum Gasteiger partial charge on any atom is -0.332 e. The summed E-state index contributed by atoms with van der Waals surface area (Å²) in [6.45, 7) is 4.60. The molecule has 2 N–H and O–H groups in total. The van der Waals surface area contributed by atoms with Crippen molar-refractivity contribution in [2.24, 2.45) is 5.73 Å². The number of nitrogens with two attached hydrogens (primary N) is 1. The summed E-state index contributed by atoms with van der Waals surface area (Å²) < 4.78 is 2.20. The fraction of sp³-hybridized carbons (Fsp3) is 0.400. The highest BCUT2D eigenvalue weighted by Gasteiger charge is 2.20. The molecule has 100 valence electrons. The molecule has 0 aliphatic carbocycles. The maximum atomic E-state index is 5.65. The average molecular weight is 256 g/mol. The van der Waals surface area contributed by atoms with Crippen molar-refractivity contribution in [2.45, 2.75) is 26.1 Å². The van der Waals surface area contributed by atoms with Gasteiger partial charge in [0.1, 0.15) is 0 Å². The van der Waals surface area contributed by atoms with Crippen molar-refractivity contribution in [1.82, 2.24) is 14.5 Å². The van der Waals surface area contributed by atoms with Gasteiger partial charge in [-0.25, -0.2) is 4.98 Å². The molecule has 0 atom stereocenters. The van der Waals surface area contributed by atoms with Crippen molar-refractivity contribution in [3.8, 4) is 0 Å². The highest BCUT2D eigenvalue weighted by Crippen LogP contribution is 2.19. The molecule has 0 spiro atoms. The monoisotopic (exact) mass is 256 g/mol. The summed E-state index contributed by atoms with van der Waals surface area (Å²) >= 11 is 0. The number of imidazole rings is 1. The summed E-state index contributed by atoms with van der Waals surface area (Å²) in [5.74, 6) is 0. The summed E-state index contributed by atoms with van der Waals surface area (Å²) in [5.41, 5.74) is 9.61. The van der Waals surface area contributed by atoms with E-state index in [-0.39, 0.29) is 0 Å². The number of aromatic nitrogens is 2. The van der Waals surface area contributed by atoms with Crippen LogP contribution in [0.3, 0.4) is 0 Å². The molecule has 0 bridgehead atoms. The second-order valence-corrected chi connectivity index (χ2v) is 5.07. The lowest BCUT2D eigenvalue weighted by molar-refractivity contribution is 0.237. The largest absolute Gasteiger partial charge is 0.332 e. The molecule has 2 aromatic rings. The van der Waals surface area contributed by atoms with E-state index in [9.17, 15) is 0 Å². The van der Waals surface area contributed by atoms with Crippen LogP contribution in [0.1, 0.15) is 17.0 Å². The molecule has 1 aliphatic rings. The first-order valence-corrected chi connectivity index (χ1v) is 6.86. The number of hydrogen-bond acceptors (Lipinski definition) is 3. The van der Waals surface area contributed by atoms with E-state index in [0.29, 0.717) is 6.54 Å². The molecule has 0 fully saturated rings. The van der Waals surface area contributed by atoms with Crippen molar-refractivity contribution in [1.29, 1.82) is 0 Å². The molecule has 2 heterocycles. The molecule has 1 aliphatic heterocycles. The van der Waals surface area contributed by atoms with Gasteiger partial charge in [-0.2, -0.15) is 0 Å². The van der Waals surface area contributed by atoms with Crippen LogP contribution >= 0.6 is 0 Å². The molecule has 0 saturated carbocycles. The Hall–Kier alpha value is -1.65. The standard InChI is InChI=1S/C15H20N4/c16-7-9-19-12-17-14-6-8-18(11-15(14)19)10-13-4-2-1-3-5-13/h1-5,12H,6-11,16H2. The lowest BCUT2D eigenvalue weighted by atomic mass is 10.1. The first-order chi connectivity index (χ1) is 9.36. The van der Waals surface area contributed by atoms with Gasteiger partial charge in [-0.3, -0.25) is 4.90 Å². The molecule has 19 heavy (non-hydrogen) atoms. The molecule has 4 heteroatoms. The van der Waals surface area contributed by atoms with Gasteiger partial charge < -0.3 is 10.3 Å². The van der Waals surface area contributed by atoms with Crippen LogP contribution in [0.4, 0.5) is 0 Å². The summed E-state index contributed by atoms with van der Waals surface area (Å²) in [7, 11) is 0. The van der Waals surface area contributed by atoms with Crippen molar-refractivity contribution >= 4 is 0 Å². The van der Waals surface area contributed by atoms with Gasteiger partial charge >= 0.3 is 0 Å². The third-order valence-corrected chi connectivity index (χ3v) is 3.69. The summed E-state index contributed by atoms with van der Waals surface area (Å²) in [5, 5.41) is 0. The quantitative estimate of drug-likeness (QED) is 0.899. The summed E-state index contributed by atoms with van der Waals surface area (Å²) in [4.78, 5) is 6.98. The lowest BCUT2D eigenvalue weighted by Gasteiger charge is -2.27. The molecule has 0 unspecified atom stereocenters. The molecule has 0 saturated heterocycles. The third kappa shape index (κ3) is 2.69. The Kier molecular flexibility index (Phi) is 3.62. The number of rotatable bonds is 4. The molecule has 1 aromatic heterocycles. The van der Waals surface area contributed by atoms with E-state index in [1.165, 1.54) is 17.0 Å². The van der Waals surface area contributed by atoms with E-state index >= 15 is 0 Å². The Morgan fingerprint density at radius 1 is 1.21 bits per heavy atom. The molecular formula is C15H20N4. The Bertz CT molecular complexity index is 532. The zero-order valence-corrected chi connectivity index (χ0v) is 11.1. The van der Waals surface area contributed by atoms with Crippen molar-refractivity contribution in [2.75, 3.05) is 13.1 Å². The second-order valence-electron chi connectivity index (χ2n) is 5.07. The zero-order valence-electron chi connectivity index (χ0n) is 11.1. The van der Waals surface area contributed by atoms with E-state index in [4.69, 9.17) is 5.73 Å². The molecule has 0 radical (unpaired) electrons. The maximum Gasteiger partial charge on any atom is 0.0952 e. The molecule has 1 aromatic carbocycles. The zero-order chi connectivity index (χ0) is 13.1. The smallest absolute Gasteiger partial charge is 0.0952 e. The highest BCUT2D eigenvalue weighted by molar-refractivity contribution is 5.19. The van der Waals surface area contributed by atoms with Crippen LogP contribution < -0.4 is 5.73 Å². The van der Waals surface area contributed by atoms with Gasteiger partial charge in [0.15, 0.2) is 0 Å². The van der Waals surface area contributed by atoms with Gasteiger partial charge in [-0.15, -0.1) is 0 Å². The Balaban J connectivity index is 1.72. The van der Waals surface area contributed by atoms with Crippen molar-refractivity contribution < 1.29 is 0 Å². The second kappa shape index (κ2) is 5.55. The van der Waals surface area contributed by atoms with Gasteiger partial charge in [0, 0.05) is 39.1 Å². The molecular weight excluding hydrogens is 236 g/mol. The topological polar surface area (TPSA) is 47.1 Å². The van der Waals surface area contributed by atoms with E-state index in [1.54, 1.807) is 0 Å². The van der Waals surface area contributed by atoms with Crippen LogP contribution in [0.15, 0.2) is 36.7 Å². The predicted octanol–water partition coefficient (Wildman–Crippen LogP) is 1.40. The summed E-state index contributed by atoms with van der Waals surface area (Å²) in [6, 6.07) is 10.6. The molecule has 0 amide bonds. The first kappa shape index (κ1) is 12.4.